The summed E-state index contributed by atoms with van der Waals surface area (Å²) in [5, 5.41) is 18.5. The van der Waals surface area contributed by atoms with Crippen LogP contribution in [0.2, 0.25) is 0 Å². The summed E-state index contributed by atoms with van der Waals surface area (Å²) in [6.07, 6.45) is 4.55. The second-order valence-corrected chi connectivity index (χ2v) is 5.33. The maximum Gasteiger partial charge on any atom is 0.269 e. The number of benzene rings is 2. The molecule has 0 atom stereocenters. The molecule has 0 spiro atoms. The van der Waals surface area contributed by atoms with Crippen molar-refractivity contribution >= 4 is 17.5 Å². The van der Waals surface area contributed by atoms with Crippen LogP contribution < -0.4 is 0 Å². The van der Waals surface area contributed by atoms with Crippen LogP contribution >= 0.6 is 0 Å². The van der Waals surface area contributed by atoms with Crippen LogP contribution in [-0.4, -0.2) is 25.7 Å². The molecule has 0 unspecified atom stereocenters. The van der Waals surface area contributed by atoms with E-state index in [2.05, 4.69) is 10.3 Å². The van der Waals surface area contributed by atoms with E-state index in [-0.39, 0.29) is 17.2 Å². The average molecular weight is 334 g/mol. The molecule has 0 amide bonds. The summed E-state index contributed by atoms with van der Waals surface area (Å²) >= 11 is 0. The molecule has 0 saturated heterocycles. The maximum absolute atomic E-state index is 12.1. The largest absolute Gasteiger partial charge is 0.287 e. The van der Waals surface area contributed by atoms with E-state index in [0.717, 1.165) is 5.56 Å². The number of hydrogen-bond acceptors (Lipinski definition) is 5. The molecule has 0 aliphatic carbocycles. The van der Waals surface area contributed by atoms with E-state index in [4.69, 9.17) is 0 Å². The Bertz CT molecular complexity index is 915. The van der Waals surface area contributed by atoms with E-state index in [1.807, 2.05) is 30.3 Å². The molecular weight excluding hydrogens is 320 g/mol. The first-order valence-corrected chi connectivity index (χ1v) is 7.53. The summed E-state index contributed by atoms with van der Waals surface area (Å²) in [6.45, 7) is 0.535. The molecule has 0 N–H and O–H groups in total. The van der Waals surface area contributed by atoms with E-state index in [1.165, 1.54) is 18.2 Å². The molecule has 0 aliphatic heterocycles. The van der Waals surface area contributed by atoms with Gasteiger partial charge in [-0.1, -0.05) is 41.6 Å². The lowest BCUT2D eigenvalue weighted by Gasteiger charge is -1.99. The van der Waals surface area contributed by atoms with Crippen molar-refractivity contribution in [2.24, 2.45) is 0 Å². The maximum atomic E-state index is 12.1. The fourth-order valence-electron chi connectivity index (χ4n) is 2.22. The van der Waals surface area contributed by atoms with Gasteiger partial charge in [-0.05, 0) is 29.3 Å². The summed E-state index contributed by atoms with van der Waals surface area (Å²) in [5.41, 5.74) is 2.00. The number of nitro benzene ring substituents is 1. The molecule has 0 fully saturated rings. The minimum Gasteiger partial charge on any atom is -0.287 e. The quantitative estimate of drug-likeness (QED) is 0.299. The third kappa shape index (κ3) is 4.23. The van der Waals surface area contributed by atoms with Gasteiger partial charge in [0.15, 0.2) is 5.69 Å². The summed E-state index contributed by atoms with van der Waals surface area (Å²) in [7, 11) is 0. The van der Waals surface area contributed by atoms with Gasteiger partial charge in [-0.15, -0.1) is 5.10 Å². The first kappa shape index (κ1) is 16.3. The molecular formula is C18H14N4O3. The molecule has 0 bridgehead atoms. The molecule has 7 heteroatoms. The Labute approximate surface area is 143 Å². The van der Waals surface area contributed by atoms with Crippen molar-refractivity contribution < 1.29 is 9.72 Å². The normalized spacial score (nSPS) is 10.9. The number of nitro groups is 1. The third-order valence-corrected chi connectivity index (χ3v) is 3.51. The predicted octanol–water partition coefficient (Wildman–Crippen LogP) is 3.13. The van der Waals surface area contributed by atoms with Gasteiger partial charge in [0, 0.05) is 12.1 Å². The van der Waals surface area contributed by atoms with Crippen molar-refractivity contribution in [3.63, 3.8) is 0 Å². The van der Waals surface area contributed by atoms with Gasteiger partial charge < -0.3 is 0 Å². The van der Waals surface area contributed by atoms with Crippen molar-refractivity contribution in [1.29, 1.82) is 0 Å². The fourth-order valence-corrected chi connectivity index (χ4v) is 2.22. The molecule has 0 radical (unpaired) electrons. The van der Waals surface area contributed by atoms with Crippen LogP contribution in [0.4, 0.5) is 5.69 Å². The van der Waals surface area contributed by atoms with Crippen LogP contribution in [0, 0.1) is 10.1 Å². The molecule has 25 heavy (non-hydrogen) atoms. The summed E-state index contributed by atoms with van der Waals surface area (Å²) < 4.78 is 1.60. The zero-order valence-electron chi connectivity index (χ0n) is 13.1. The van der Waals surface area contributed by atoms with Gasteiger partial charge >= 0.3 is 0 Å². The van der Waals surface area contributed by atoms with E-state index >= 15 is 0 Å². The third-order valence-electron chi connectivity index (χ3n) is 3.51. The summed E-state index contributed by atoms with van der Waals surface area (Å²) in [6, 6.07) is 15.7. The van der Waals surface area contributed by atoms with Crippen LogP contribution in [0.5, 0.6) is 0 Å². The smallest absolute Gasteiger partial charge is 0.269 e. The number of nitrogens with zero attached hydrogens (tertiary/aromatic N) is 4. The van der Waals surface area contributed by atoms with Crippen LogP contribution in [0.25, 0.3) is 6.08 Å². The Kier molecular flexibility index (Phi) is 4.75. The van der Waals surface area contributed by atoms with Gasteiger partial charge in [0.2, 0.25) is 5.78 Å². The molecule has 7 nitrogen and oxygen atoms in total. The lowest BCUT2D eigenvalue weighted by molar-refractivity contribution is -0.384. The first-order chi connectivity index (χ1) is 12.1. The van der Waals surface area contributed by atoms with Crippen molar-refractivity contribution in [1.82, 2.24) is 15.0 Å². The highest BCUT2D eigenvalue weighted by molar-refractivity contribution is 6.05. The highest BCUT2D eigenvalue weighted by Gasteiger charge is 2.08. The standard InChI is InChI=1S/C18H14N4O3/c23-18(11-8-14-6-9-16(10-7-14)22(24)25)17-13-21(20-19-17)12-15-4-2-1-3-5-15/h1-11,13H,12H2/b11-8+. The molecule has 124 valence electrons. The molecule has 1 aromatic heterocycles. The van der Waals surface area contributed by atoms with Crippen LogP contribution in [-0.2, 0) is 6.54 Å². The van der Waals surface area contributed by atoms with E-state index in [9.17, 15) is 14.9 Å². The number of aromatic nitrogens is 3. The number of rotatable bonds is 6. The van der Waals surface area contributed by atoms with E-state index < -0.39 is 4.92 Å². The van der Waals surface area contributed by atoms with Crippen molar-refractivity contribution in [2.45, 2.75) is 6.54 Å². The molecule has 1 heterocycles. The molecule has 3 aromatic rings. The van der Waals surface area contributed by atoms with Gasteiger partial charge in [-0.2, -0.15) is 0 Å². The minimum absolute atomic E-state index is 0.00679. The minimum atomic E-state index is -0.469. The van der Waals surface area contributed by atoms with Crippen LogP contribution in [0.3, 0.4) is 0 Å². The van der Waals surface area contributed by atoms with Gasteiger partial charge in [-0.3, -0.25) is 14.9 Å². The van der Waals surface area contributed by atoms with Gasteiger partial charge in [0.1, 0.15) is 0 Å². The number of non-ortho nitro benzene ring substituents is 1. The second kappa shape index (κ2) is 7.31. The van der Waals surface area contributed by atoms with Crippen molar-refractivity contribution in [2.75, 3.05) is 0 Å². The zero-order valence-corrected chi connectivity index (χ0v) is 13.1. The monoisotopic (exact) mass is 334 g/mol. The average Bonchev–Trinajstić information content (AvgIpc) is 3.09. The number of ketones is 1. The Morgan fingerprint density at radius 2 is 1.84 bits per heavy atom. The van der Waals surface area contributed by atoms with Gasteiger partial charge in [0.05, 0.1) is 17.7 Å². The van der Waals surface area contributed by atoms with Crippen LogP contribution in [0.15, 0.2) is 66.9 Å². The Balaban J connectivity index is 1.66. The summed E-state index contributed by atoms with van der Waals surface area (Å²) in [5.74, 6) is -0.280. The molecule has 3 rings (SSSR count). The number of carbonyl (C=O) groups is 1. The van der Waals surface area contributed by atoms with Crippen molar-refractivity contribution in [3.05, 3.63) is 93.8 Å². The van der Waals surface area contributed by atoms with E-state index in [1.54, 1.807) is 29.1 Å². The number of hydrogen-bond donors (Lipinski definition) is 0. The fraction of sp³-hybridized carbons (Fsp3) is 0.0556. The lowest BCUT2D eigenvalue weighted by atomic mass is 10.1. The Morgan fingerprint density at radius 1 is 1.12 bits per heavy atom. The lowest BCUT2D eigenvalue weighted by Crippen LogP contribution is -2.00. The molecule has 2 aromatic carbocycles. The highest BCUT2D eigenvalue weighted by Crippen LogP contribution is 2.13. The molecule has 0 saturated carbocycles. The van der Waals surface area contributed by atoms with Gasteiger partial charge in [-0.25, -0.2) is 4.68 Å². The summed E-state index contributed by atoms with van der Waals surface area (Å²) in [4.78, 5) is 22.3. The zero-order chi connectivity index (χ0) is 17.6. The SMILES string of the molecule is O=C(/C=C/c1ccc([N+](=O)[O-])cc1)c1cn(Cc2ccccc2)nn1. The van der Waals surface area contributed by atoms with E-state index in [0.29, 0.717) is 12.1 Å². The topological polar surface area (TPSA) is 90.9 Å². The second-order valence-electron chi connectivity index (χ2n) is 5.33. The first-order valence-electron chi connectivity index (χ1n) is 7.53. The number of allylic oxidation sites excluding steroid dienone is 1. The Hall–Kier alpha value is -3.61. The van der Waals surface area contributed by atoms with Crippen molar-refractivity contribution in [3.8, 4) is 0 Å². The predicted molar refractivity (Wildman–Crippen MR) is 92.0 cm³/mol. The number of carbonyl (C=O) groups excluding carboxylic acids is 1. The van der Waals surface area contributed by atoms with Gasteiger partial charge in [0.25, 0.3) is 5.69 Å². The van der Waals surface area contributed by atoms with Crippen LogP contribution in [0.1, 0.15) is 21.6 Å². The molecule has 0 aliphatic rings. The Morgan fingerprint density at radius 3 is 2.52 bits per heavy atom. The highest BCUT2D eigenvalue weighted by atomic mass is 16.6.